The van der Waals surface area contributed by atoms with Gasteiger partial charge in [0.05, 0.1) is 0 Å². The fourth-order valence-electron chi connectivity index (χ4n) is 2.36. The number of nitrogens with two attached hydrogens (primary N) is 1. The van der Waals surface area contributed by atoms with E-state index >= 15 is 0 Å². The highest BCUT2D eigenvalue weighted by molar-refractivity contribution is 4.85. The van der Waals surface area contributed by atoms with Crippen LogP contribution in [0.3, 0.4) is 0 Å². The summed E-state index contributed by atoms with van der Waals surface area (Å²) in [4.78, 5) is 0. The van der Waals surface area contributed by atoms with Gasteiger partial charge in [-0.15, -0.1) is 0 Å². The minimum absolute atomic E-state index is 0.634. The van der Waals surface area contributed by atoms with Crippen LogP contribution in [0.2, 0.25) is 0 Å². The first-order chi connectivity index (χ1) is 6.33. The van der Waals surface area contributed by atoms with Crippen LogP contribution in [-0.2, 0) is 0 Å². The SMILES string of the molecule is CCC1(CNCCCN)CCCC1. The van der Waals surface area contributed by atoms with Crippen LogP contribution in [0.1, 0.15) is 45.4 Å². The zero-order valence-corrected chi connectivity index (χ0v) is 8.94. The lowest BCUT2D eigenvalue weighted by molar-refractivity contribution is 0.269. The fourth-order valence-corrected chi connectivity index (χ4v) is 2.36. The van der Waals surface area contributed by atoms with Crippen molar-refractivity contribution in [3.8, 4) is 0 Å². The highest BCUT2D eigenvalue weighted by atomic mass is 14.9. The van der Waals surface area contributed by atoms with Crippen molar-refractivity contribution in [2.45, 2.75) is 45.4 Å². The van der Waals surface area contributed by atoms with Crippen molar-refractivity contribution in [1.29, 1.82) is 0 Å². The molecule has 0 heterocycles. The van der Waals surface area contributed by atoms with Gasteiger partial charge in [0.15, 0.2) is 0 Å². The zero-order valence-electron chi connectivity index (χ0n) is 8.94. The van der Waals surface area contributed by atoms with E-state index in [4.69, 9.17) is 5.73 Å². The average Bonchev–Trinajstić information content (AvgIpc) is 2.62. The Labute approximate surface area is 82.3 Å². The summed E-state index contributed by atoms with van der Waals surface area (Å²) in [6.07, 6.45) is 8.18. The van der Waals surface area contributed by atoms with Crippen molar-refractivity contribution in [3.63, 3.8) is 0 Å². The molecule has 3 N–H and O–H groups in total. The van der Waals surface area contributed by atoms with E-state index in [1.54, 1.807) is 0 Å². The summed E-state index contributed by atoms with van der Waals surface area (Å²) >= 11 is 0. The standard InChI is InChI=1S/C11H24N2/c1-2-11(6-3-4-7-11)10-13-9-5-8-12/h13H,2-10,12H2,1H3. The molecule has 0 aliphatic heterocycles. The molecule has 0 aromatic rings. The normalized spacial score (nSPS) is 20.8. The van der Waals surface area contributed by atoms with E-state index in [2.05, 4.69) is 12.2 Å². The molecule has 0 aromatic carbocycles. The van der Waals surface area contributed by atoms with Crippen LogP contribution in [0.15, 0.2) is 0 Å². The number of rotatable bonds is 6. The van der Waals surface area contributed by atoms with Gasteiger partial charge in [-0.3, -0.25) is 0 Å². The fraction of sp³-hybridized carbons (Fsp3) is 1.00. The molecule has 1 fully saturated rings. The molecule has 0 radical (unpaired) electrons. The van der Waals surface area contributed by atoms with Crippen LogP contribution in [0.25, 0.3) is 0 Å². The Bertz CT molecular complexity index is 128. The largest absolute Gasteiger partial charge is 0.330 e. The topological polar surface area (TPSA) is 38.0 Å². The predicted molar refractivity (Wildman–Crippen MR) is 57.7 cm³/mol. The summed E-state index contributed by atoms with van der Waals surface area (Å²) in [6.45, 7) is 5.45. The molecule has 1 rings (SSSR count). The maximum Gasteiger partial charge on any atom is 0.000771 e. The van der Waals surface area contributed by atoms with Crippen molar-refractivity contribution >= 4 is 0 Å². The third kappa shape index (κ3) is 3.28. The molecule has 1 aliphatic carbocycles. The molecular formula is C11H24N2. The Hall–Kier alpha value is -0.0800. The van der Waals surface area contributed by atoms with Crippen LogP contribution in [0, 0.1) is 5.41 Å². The molecule has 78 valence electrons. The van der Waals surface area contributed by atoms with E-state index in [1.807, 2.05) is 0 Å². The number of hydrogen-bond donors (Lipinski definition) is 2. The van der Waals surface area contributed by atoms with E-state index in [-0.39, 0.29) is 0 Å². The minimum Gasteiger partial charge on any atom is -0.330 e. The average molecular weight is 184 g/mol. The molecule has 0 aromatic heterocycles. The molecule has 0 bridgehead atoms. The summed E-state index contributed by atoms with van der Waals surface area (Å²) in [5.41, 5.74) is 6.08. The lowest BCUT2D eigenvalue weighted by Gasteiger charge is -2.27. The van der Waals surface area contributed by atoms with Crippen molar-refractivity contribution in [3.05, 3.63) is 0 Å². The summed E-state index contributed by atoms with van der Waals surface area (Å²) in [5.74, 6) is 0. The van der Waals surface area contributed by atoms with E-state index in [0.717, 1.165) is 19.5 Å². The van der Waals surface area contributed by atoms with Crippen LogP contribution in [0.4, 0.5) is 0 Å². The molecule has 0 saturated heterocycles. The number of hydrogen-bond acceptors (Lipinski definition) is 2. The second-order valence-electron chi connectivity index (χ2n) is 4.38. The van der Waals surface area contributed by atoms with Crippen LogP contribution in [-0.4, -0.2) is 19.6 Å². The number of nitrogens with one attached hydrogen (secondary N) is 1. The van der Waals surface area contributed by atoms with Crippen molar-refractivity contribution in [1.82, 2.24) is 5.32 Å². The highest BCUT2D eigenvalue weighted by Gasteiger charge is 2.30. The van der Waals surface area contributed by atoms with Crippen molar-refractivity contribution in [2.24, 2.45) is 11.1 Å². The van der Waals surface area contributed by atoms with E-state index in [0.29, 0.717) is 5.41 Å². The second-order valence-corrected chi connectivity index (χ2v) is 4.38. The quantitative estimate of drug-likeness (QED) is 0.619. The molecule has 0 atom stereocenters. The second kappa shape index (κ2) is 5.61. The van der Waals surface area contributed by atoms with Gasteiger partial charge in [-0.05, 0) is 44.2 Å². The third-order valence-electron chi connectivity index (χ3n) is 3.47. The molecule has 2 heteroatoms. The summed E-state index contributed by atoms with van der Waals surface area (Å²) in [7, 11) is 0. The van der Waals surface area contributed by atoms with Crippen LogP contribution >= 0.6 is 0 Å². The van der Waals surface area contributed by atoms with Gasteiger partial charge in [0, 0.05) is 6.54 Å². The molecule has 13 heavy (non-hydrogen) atoms. The van der Waals surface area contributed by atoms with Gasteiger partial charge in [0.2, 0.25) is 0 Å². The van der Waals surface area contributed by atoms with Gasteiger partial charge in [-0.25, -0.2) is 0 Å². The van der Waals surface area contributed by atoms with Crippen molar-refractivity contribution < 1.29 is 0 Å². The van der Waals surface area contributed by atoms with Gasteiger partial charge >= 0.3 is 0 Å². The Morgan fingerprint density at radius 1 is 1.31 bits per heavy atom. The Balaban J connectivity index is 2.16. The molecule has 2 nitrogen and oxygen atoms in total. The summed E-state index contributed by atoms with van der Waals surface area (Å²) in [6, 6.07) is 0. The van der Waals surface area contributed by atoms with Crippen molar-refractivity contribution in [2.75, 3.05) is 19.6 Å². The Kier molecular flexibility index (Phi) is 4.74. The van der Waals surface area contributed by atoms with Gasteiger partial charge in [-0.2, -0.15) is 0 Å². The van der Waals surface area contributed by atoms with Crippen LogP contribution in [0.5, 0.6) is 0 Å². The van der Waals surface area contributed by atoms with Crippen LogP contribution < -0.4 is 11.1 Å². The Morgan fingerprint density at radius 2 is 2.00 bits per heavy atom. The first-order valence-corrected chi connectivity index (χ1v) is 5.74. The predicted octanol–water partition coefficient (Wildman–Crippen LogP) is 1.90. The molecule has 0 unspecified atom stereocenters. The Morgan fingerprint density at radius 3 is 2.54 bits per heavy atom. The maximum absolute atomic E-state index is 5.45. The molecule has 0 amide bonds. The van der Waals surface area contributed by atoms with E-state index in [1.165, 1.54) is 38.6 Å². The van der Waals surface area contributed by atoms with Gasteiger partial charge < -0.3 is 11.1 Å². The van der Waals surface area contributed by atoms with Gasteiger partial charge in [0.1, 0.15) is 0 Å². The van der Waals surface area contributed by atoms with Gasteiger partial charge in [0.25, 0.3) is 0 Å². The smallest absolute Gasteiger partial charge is 0.000771 e. The monoisotopic (exact) mass is 184 g/mol. The van der Waals surface area contributed by atoms with E-state index < -0.39 is 0 Å². The summed E-state index contributed by atoms with van der Waals surface area (Å²) in [5, 5.41) is 3.54. The zero-order chi connectivity index (χ0) is 9.57. The lowest BCUT2D eigenvalue weighted by atomic mass is 9.83. The molecular weight excluding hydrogens is 160 g/mol. The molecule has 0 spiro atoms. The maximum atomic E-state index is 5.45. The first kappa shape index (κ1) is 11.0. The van der Waals surface area contributed by atoms with E-state index in [9.17, 15) is 0 Å². The first-order valence-electron chi connectivity index (χ1n) is 5.74. The summed E-state index contributed by atoms with van der Waals surface area (Å²) < 4.78 is 0. The molecule has 1 aliphatic rings. The molecule has 1 saturated carbocycles. The highest BCUT2D eigenvalue weighted by Crippen LogP contribution is 2.40. The lowest BCUT2D eigenvalue weighted by Crippen LogP contribution is -2.32. The third-order valence-corrected chi connectivity index (χ3v) is 3.47. The minimum atomic E-state index is 0.634. The van der Waals surface area contributed by atoms with Gasteiger partial charge in [-0.1, -0.05) is 19.8 Å².